The number of hydrogen-bond acceptors (Lipinski definition) is 4. The number of aromatic amines is 1. The molecule has 0 aliphatic heterocycles. The van der Waals surface area contributed by atoms with Crippen molar-refractivity contribution in [2.45, 2.75) is 50.3 Å². The first-order chi connectivity index (χ1) is 11.5. The zero-order valence-electron chi connectivity index (χ0n) is 13.7. The lowest BCUT2D eigenvalue weighted by molar-refractivity contribution is 0.579. The van der Waals surface area contributed by atoms with Gasteiger partial charge in [0.15, 0.2) is 0 Å². The second-order valence-corrected chi connectivity index (χ2v) is 7.78. The van der Waals surface area contributed by atoms with Gasteiger partial charge in [0.1, 0.15) is 16.2 Å². The van der Waals surface area contributed by atoms with Crippen LogP contribution in [-0.4, -0.2) is 29.6 Å². The van der Waals surface area contributed by atoms with Crippen LogP contribution in [0.25, 0.3) is 5.52 Å². The van der Waals surface area contributed by atoms with E-state index in [1.807, 2.05) is 6.92 Å². The molecule has 2 N–H and O–H groups in total. The summed E-state index contributed by atoms with van der Waals surface area (Å²) in [6.45, 7) is 2.26. The lowest BCUT2D eigenvalue weighted by Crippen LogP contribution is -2.24. The van der Waals surface area contributed by atoms with Gasteiger partial charge in [-0.15, -0.1) is 0 Å². The fraction of sp³-hybridized carbons (Fsp3) is 0.500. The average molecular weight is 350 g/mol. The van der Waals surface area contributed by atoms with Gasteiger partial charge >= 0.3 is 0 Å². The summed E-state index contributed by atoms with van der Waals surface area (Å²) >= 11 is 0. The zero-order valence-corrected chi connectivity index (χ0v) is 14.5. The fourth-order valence-electron chi connectivity index (χ4n) is 3.01. The number of rotatable bonds is 6. The van der Waals surface area contributed by atoms with E-state index >= 15 is 0 Å². The molecule has 0 amide bonds. The Morgan fingerprint density at radius 1 is 1.38 bits per heavy atom. The standard InChI is InChI=1S/C16H22N4O3S/c1-2-15-18-19-16(21)14-10-13(11-20(14)15)24(22,23)17-9-8-12-6-4-3-5-7-12/h6,10-11,17H,2-5,7-9H2,1H3,(H,19,21). The molecule has 0 fully saturated rings. The molecule has 0 spiro atoms. The molecular weight excluding hydrogens is 328 g/mol. The number of aromatic nitrogens is 3. The summed E-state index contributed by atoms with van der Waals surface area (Å²) < 4.78 is 29.1. The Morgan fingerprint density at radius 2 is 2.21 bits per heavy atom. The third-order valence-electron chi connectivity index (χ3n) is 4.34. The summed E-state index contributed by atoms with van der Waals surface area (Å²) in [6, 6.07) is 1.39. The van der Waals surface area contributed by atoms with Crippen molar-refractivity contribution in [2.24, 2.45) is 0 Å². The Morgan fingerprint density at radius 3 is 2.92 bits per heavy atom. The van der Waals surface area contributed by atoms with Crippen molar-refractivity contribution in [3.63, 3.8) is 0 Å². The Hall–Kier alpha value is -1.93. The van der Waals surface area contributed by atoms with E-state index in [4.69, 9.17) is 0 Å². The van der Waals surface area contributed by atoms with Crippen LogP contribution in [0.3, 0.4) is 0 Å². The number of sulfonamides is 1. The third-order valence-corrected chi connectivity index (χ3v) is 5.77. The molecule has 2 heterocycles. The Balaban J connectivity index is 1.79. The van der Waals surface area contributed by atoms with Gasteiger partial charge in [0.05, 0.1) is 0 Å². The van der Waals surface area contributed by atoms with Crippen molar-refractivity contribution in [1.29, 1.82) is 0 Å². The summed E-state index contributed by atoms with van der Waals surface area (Å²) in [5.41, 5.74) is 1.21. The largest absolute Gasteiger partial charge is 0.297 e. The average Bonchev–Trinajstić information content (AvgIpc) is 3.03. The molecule has 3 rings (SSSR count). The molecule has 130 valence electrons. The van der Waals surface area contributed by atoms with Crippen molar-refractivity contribution in [2.75, 3.05) is 6.54 Å². The van der Waals surface area contributed by atoms with Crippen molar-refractivity contribution in [3.8, 4) is 0 Å². The normalized spacial score (nSPS) is 15.6. The molecule has 2 aromatic rings. The predicted molar refractivity (Wildman–Crippen MR) is 91.5 cm³/mol. The maximum absolute atomic E-state index is 12.5. The van der Waals surface area contributed by atoms with Crippen LogP contribution in [0.1, 0.15) is 44.9 Å². The maximum atomic E-state index is 12.5. The quantitative estimate of drug-likeness (QED) is 0.776. The van der Waals surface area contributed by atoms with Crippen LogP contribution < -0.4 is 10.3 Å². The van der Waals surface area contributed by atoms with Gasteiger partial charge in [-0.25, -0.2) is 18.2 Å². The van der Waals surface area contributed by atoms with Gasteiger partial charge in [0.2, 0.25) is 10.0 Å². The molecule has 0 aromatic carbocycles. The van der Waals surface area contributed by atoms with Crippen LogP contribution in [0.4, 0.5) is 0 Å². The molecule has 0 unspecified atom stereocenters. The van der Waals surface area contributed by atoms with Gasteiger partial charge in [-0.05, 0) is 38.2 Å². The van der Waals surface area contributed by atoms with E-state index in [9.17, 15) is 13.2 Å². The van der Waals surface area contributed by atoms with E-state index in [0.717, 1.165) is 19.3 Å². The van der Waals surface area contributed by atoms with Crippen molar-refractivity contribution in [1.82, 2.24) is 19.3 Å². The van der Waals surface area contributed by atoms with Crippen LogP contribution in [0.5, 0.6) is 0 Å². The number of fused-ring (bicyclic) bond motifs is 1. The monoisotopic (exact) mass is 350 g/mol. The second-order valence-electron chi connectivity index (χ2n) is 6.01. The molecule has 0 bridgehead atoms. The zero-order chi connectivity index (χ0) is 17.2. The summed E-state index contributed by atoms with van der Waals surface area (Å²) in [5.74, 6) is 0.610. The minimum absolute atomic E-state index is 0.0910. The van der Waals surface area contributed by atoms with E-state index in [0.29, 0.717) is 18.8 Å². The molecule has 0 radical (unpaired) electrons. The lowest BCUT2D eigenvalue weighted by Gasteiger charge is -2.12. The van der Waals surface area contributed by atoms with Crippen LogP contribution in [0.15, 0.2) is 33.6 Å². The van der Waals surface area contributed by atoms with Gasteiger partial charge in [-0.1, -0.05) is 18.6 Å². The van der Waals surface area contributed by atoms with Gasteiger partial charge in [-0.2, -0.15) is 5.10 Å². The first-order valence-electron chi connectivity index (χ1n) is 8.28. The molecule has 8 heteroatoms. The van der Waals surface area contributed by atoms with E-state index < -0.39 is 15.6 Å². The molecule has 1 aliphatic carbocycles. The van der Waals surface area contributed by atoms with E-state index in [1.165, 1.54) is 35.1 Å². The van der Waals surface area contributed by atoms with E-state index in [2.05, 4.69) is 21.0 Å². The summed E-state index contributed by atoms with van der Waals surface area (Å²) in [6.07, 6.45) is 9.52. The number of H-pyrrole nitrogens is 1. The smallest absolute Gasteiger partial charge is 0.288 e. The molecule has 0 saturated carbocycles. The Bertz CT molecular complexity index is 924. The minimum atomic E-state index is -3.64. The summed E-state index contributed by atoms with van der Waals surface area (Å²) in [5, 5.41) is 6.34. The number of aryl methyl sites for hydroxylation is 1. The molecule has 2 aromatic heterocycles. The summed E-state index contributed by atoms with van der Waals surface area (Å²) in [7, 11) is -3.64. The van der Waals surface area contributed by atoms with E-state index in [1.54, 1.807) is 0 Å². The highest BCUT2D eigenvalue weighted by atomic mass is 32.2. The Labute approximate surface area is 140 Å². The molecule has 24 heavy (non-hydrogen) atoms. The molecule has 1 aliphatic rings. The highest BCUT2D eigenvalue weighted by Gasteiger charge is 2.18. The highest BCUT2D eigenvalue weighted by Crippen LogP contribution is 2.20. The maximum Gasteiger partial charge on any atom is 0.288 e. The van der Waals surface area contributed by atoms with Crippen molar-refractivity contribution < 1.29 is 8.42 Å². The SMILES string of the molecule is CCc1n[nH]c(=O)c2cc(S(=O)(=O)NCCC3=CCCCC3)cn12. The first kappa shape index (κ1) is 16.9. The number of hydrogen-bond donors (Lipinski definition) is 2. The van der Waals surface area contributed by atoms with Crippen LogP contribution in [0.2, 0.25) is 0 Å². The van der Waals surface area contributed by atoms with Gasteiger partial charge < -0.3 is 0 Å². The van der Waals surface area contributed by atoms with Crippen molar-refractivity contribution in [3.05, 3.63) is 40.1 Å². The van der Waals surface area contributed by atoms with Crippen LogP contribution in [-0.2, 0) is 16.4 Å². The van der Waals surface area contributed by atoms with E-state index in [-0.39, 0.29) is 10.4 Å². The molecule has 7 nitrogen and oxygen atoms in total. The lowest BCUT2D eigenvalue weighted by atomic mass is 9.97. The van der Waals surface area contributed by atoms with Crippen molar-refractivity contribution >= 4 is 15.5 Å². The van der Waals surface area contributed by atoms with Crippen LogP contribution >= 0.6 is 0 Å². The highest BCUT2D eigenvalue weighted by molar-refractivity contribution is 7.89. The second kappa shape index (κ2) is 6.90. The number of nitrogens with one attached hydrogen (secondary N) is 2. The van der Waals surface area contributed by atoms with Gasteiger partial charge in [0.25, 0.3) is 5.56 Å². The number of nitrogens with zero attached hydrogens (tertiary/aromatic N) is 2. The minimum Gasteiger partial charge on any atom is -0.297 e. The van der Waals surface area contributed by atoms with Crippen LogP contribution in [0, 0.1) is 0 Å². The summed E-state index contributed by atoms with van der Waals surface area (Å²) in [4.78, 5) is 11.9. The van der Waals surface area contributed by atoms with Gasteiger partial charge in [0, 0.05) is 19.2 Å². The van der Waals surface area contributed by atoms with Gasteiger partial charge in [-0.3, -0.25) is 9.20 Å². The predicted octanol–water partition coefficient (Wildman–Crippen LogP) is 1.75. The molecular formula is C16H22N4O3S. The third kappa shape index (κ3) is 3.44. The number of allylic oxidation sites excluding steroid dienone is 1. The Kier molecular flexibility index (Phi) is 4.86. The fourth-order valence-corrected chi connectivity index (χ4v) is 4.06. The molecule has 0 atom stereocenters. The molecule has 0 saturated heterocycles. The first-order valence-corrected chi connectivity index (χ1v) is 9.77. The topological polar surface area (TPSA) is 96.3 Å².